The highest BCUT2D eigenvalue weighted by Crippen LogP contribution is 2.21. The predicted octanol–water partition coefficient (Wildman–Crippen LogP) is 1.29. The first-order chi connectivity index (χ1) is 8.58. The minimum Gasteiger partial charge on any atom is -0.349 e. The molecule has 1 saturated carbocycles. The van der Waals surface area contributed by atoms with Gasteiger partial charge < -0.3 is 16.4 Å². The molecular formula is C13H18ClN3O2. The SMILES string of the molecule is CC(N)C(=O)Nc1ccccc1C(=O)NC1CC1.Cl. The van der Waals surface area contributed by atoms with Crippen molar-refractivity contribution in [1.82, 2.24) is 5.32 Å². The fourth-order valence-corrected chi connectivity index (χ4v) is 1.53. The molecule has 0 bridgehead atoms. The Morgan fingerprint density at radius 3 is 2.53 bits per heavy atom. The van der Waals surface area contributed by atoms with Gasteiger partial charge in [-0.2, -0.15) is 0 Å². The van der Waals surface area contributed by atoms with Crippen LogP contribution in [0.25, 0.3) is 0 Å². The van der Waals surface area contributed by atoms with Crippen molar-refractivity contribution in [3.8, 4) is 0 Å². The third kappa shape index (κ3) is 4.22. The zero-order valence-corrected chi connectivity index (χ0v) is 11.5. The lowest BCUT2D eigenvalue weighted by molar-refractivity contribution is -0.117. The van der Waals surface area contributed by atoms with Gasteiger partial charge in [0.2, 0.25) is 5.91 Å². The molecule has 1 aromatic rings. The van der Waals surface area contributed by atoms with Gasteiger partial charge in [0.05, 0.1) is 17.3 Å². The van der Waals surface area contributed by atoms with Crippen LogP contribution in [0.2, 0.25) is 0 Å². The Hall–Kier alpha value is -1.59. The van der Waals surface area contributed by atoms with Crippen LogP contribution in [-0.2, 0) is 4.79 Å². The average Bonchev–Trinajstić information content (AvgIpc) is 3.13. The summed E-state index contributed by atoms with van der Waals surface area (Å²) in [7, 11) is 0. The molecular weight excluding hydrogens is 266 g/mol. The van der Waals surface area contributed by atoms with E-state index in [1.807, 2.05) is 0 Å². The number of carbonyl (C=O) groups is 2. The van der Waals surface area contributed by atoms with Crippen LogP contribution in [0.15, 0.2) is 24.3 Å². The highest BCUT2D eigenvalue weighted by atomic mass is 35.5. The van der Waals surface area contributed by atoms with Gasteiger partial charge in [0.25, 0.3) is 5.91 Å². The number of para-hydroxylation sites is 1. The van der Waals surface area contributed by atoms with Gasteiger partial charge in [-0.1, -0.05) is 12.1 Å². The maximum atomic E-state index is 12.0. The lowest BCUT2D eigenvalue weighted by Gasteiger charge is -2.12. The largest absolute Gasteiger partial charge is 0.349 e. The molecule has 1 fully saturated rings. The van der Waals surface area contributed by atoms with E-state index in [1.165, 1.54) is 0 Å². The van der Waals surface area contributed by atoms with Crippen molar-refractivity contribution in [2.45, 2.75) is 31.8 Å². The fraction of sp³-hybridized carbons (Fsp3) is 0.385. The van der Waals surface area contributed by atoms with Gasteiger partial charge in [-0.3, -0.25) is 9.59 Å². The number of rotatable bonds is 4. The molecule has 1 aliphatic carbocycles. The van der Waals surface area contributed by atoms with E-state index in [-0.39, 0.29) is 30.3 Å². The molecule has 19 heavy (non-hydrogen) atoms. The molecule has 0 aromatic heterocycles. The summed E-state index contributed by atoms with van der Waals surface area (Å²) in [5, 5.41) is 5.55. The normalized spacial score (nSPS) is 15.1. The zero-order chi connectivity index (χ0) is 13.1. The molecule has 1 atom stereocenters. The second kappa shape index (κ2) is 6.54. The van der Waals surface area contributed by atoms with Crippen molar-refractivity contribution < 1.29 is 9.59 Å². The first-order valence-corrected chi connectivity index (χ1v) is 6.04. The van der Waals surface area contributed by atoms with Crippen LogP contribution in [0.3, 0.4) is 0 Å². The van der Waals surface area contributed by atoms with Crippen molar-refractivity contribution in [1.29, 1.82) is 0 Å². The highest BCUT2D eigenvalue weighted by Gasteiger charge is 2.25. The minimum absolute atomic E-state index is 0. The molecule has 0 saturated heterocycles. The molecule has 2 amide bonds. The summed E-state index contributed by atoms with van der Waals surface area (Å²) >= 11 is 0. The van der Waals surface area contributed by atoms with Gasteiger partial charge in [-0.25, -0.2) is 0 Å². The van der Waals surface area contributed by atoms with E-state index in [2.05, 4.69) is 10.6 Å². The van der Waals surface area contributed by atoms with Crippen molar-refractivity contribution in [2.24, 2.45) is 5.73 Å². The smallest absolute Gasteiger partial charge is 0.253 e. The number of hydrogen-bond acceptors (Lipinski definition) is 3. The maximum absolute atomic E-state index is 12.0. The molecule has 0 aliphatic heterocycles. The van der Waals surface area contributed by atoms with Gasteiger partial charge in [0.15, 0.2) is 0 Å². The molecule has 1 unspecified atom stereocenters. The van der Waals surface area contributed by atoms with Crippen LogP contribution in [0, 0.1) is 0 Å². The number of hydrogen-bond donors (Lipinski definition) is 3. The van der Waals surface area contributed by atoms with Crippen LogP contribution < -0.4 is 16.4 Å². The minimum atomic E-state index is -0.607. The van der Waals surface area contributed by atoms with E-state index in [0.717, 1.165) is 12.8 Å². The van der Waals surface area contributed by atoms with Crippen LogP contribution in [0.1, 0.15) is 30.1 Å². The lowest BCUT2D eigenvalue weighted by Crippen LogP contribution is -2.33. The van der Waals surface area contributed by atoms with Crippen molar-refractivity contribution in [3.05, 3.63) is 29.8 Å². The number of nitrogens with two attached hydrogens (primary N) is 1. The van der Waals surface area contributed by atoms with Crippen LogP contribution >= 0.6 is 12.4 Å². The first kappa shape index (κ1) is 15.5. The number of benzene rings is 1. The van der Waals surface area contributed by atoms with E-state index in [9.17, 15) is 9.59 Å². The number of amides is 2. The van der Waals surface area contributed by atoms with Gasteiger partial charge in [-0.15, -0.1) is 12.4 Å². The van der Waals surface area contributed by atoms with E-state index < -0.39 is 6.04 Å². The Morgan fingerprint density at radius 2 is 1.95 bits per heavy atom. The van der Waals surface area contributed by atoms with E-state index in [1.54, 1.807) is 31.2 Å². The molecule has 1 aliphatic rings. The summed E-state index contributed by atoms with van der Waals surface area (Å²) in [5.74, 6) is -0.459. The van der Waals surface area contributed by atoms with E-state index in [4.69, 9.17) is 5.73 Å². The van der Waals surface area contributed by atoms with E-state index in [0.29, 0.717) is 11.3 Å². The van der Waals surface area contributed by atoms with Gasteiger partial charge >= 0.3 is 0 Å². The van der Waals surface area contributed by atoms with Gasteiger partial charge in [0, 0.05) is 6.04 Å². The third-order valence-electron chi connectivity index (χ3n) is 2.76. The second-order valence-corrected chi connectivity index (χ2v) is 4.57. The topological polar surface area (TPSA) is 84.2 Å². The second-order valence-electron chi connectivity index (χ2n) is 4.57. The Kier molecular flexibility index (Phi) is 5.32. The average molecular weight is 284 g/mol. The maximum Gasteiger partial charge on any atom is 0.253 e. The Labute approximate surface area is 118 Å². The van der Waals surface area contributed by atoms with Gasteiger partial charge in [-0.05, 0) is 31.9 Å². The molecule has 4 N–H and O–H groups in total. The highest BCUT2D eigenvalue weighted by molar-refractivity contribution is 6.04. The number of halogens is 1. The predicted molar refractivity (Wildman–Crippen MR) is 76.5 cm³/mol. The monoisotopic (exact) mass is 283 g/mol. The molecule has 1 aromatic carbocycles. The summed E-state index contributed by atoms with van der Waals surface area (Å²) in [6.45, 7) is 1.60. The van der Waals surface area contributed by atoms with Crippen LogP contribution in [0.5, 0.6) is 0 Å². The molecule has 2 rings (SSSR count). The summed E-state index contributed by atoms with van der Waals surface area (Å²) in [4.78, 5) is 23.5. The molecule has 0 spiro atoms. The summed E-state index contributed by atoms with van der Waals surface area (Å²) in [6.07, 6.45) is 2.06. The summed E-state index contributed by atoms with van der Waals surface area (Å²) in [5.41, 5.74) is 6.46. The van der Waals surface area contributed by atoms with Gasteiger partial charge in [0.1, 0.15) is 0 Å². The van der Waals surface area contributed by atoms with Crippen molar-refractivity contribution in [3.63, 3.8) is 0 Å². The Balaban J connectivity index is 0.00000180. The van der Waals surface area contributed by atoms with Crippen LogP contribution in [-0.4, -0.2) is 23.9 Å². The quantitative estimate of drug-likeness (QED) is 0.778. The van der Waals surface area contributed by atoms with Crippen molar-refractivity contribution in [2.75, 3.05) is 5.32 Å². The molecule has 6 heteroatoms. The summed E-state index contributed by atoms with van der Waals surface area (Å²) in [6, 6.07) is 6.60. The standard InChI is InChI=1S/C13H17N3O2.ClH/c1-8(14)12(17)16-11-5-3-2-4-10(11)13(18)15-9-6-7-9;/h2-5,8-9H,6-7,14H2,1H3,(H,15,18)(H,16,17);1H. The Bertz CT molecular complexity index is 473. The van der Waals surface area contributed by atoms with Crippen molar-refractivity contribution >= 4 is 29.9 Å². The fourth-order valence-electron chi connectivity index (χ4n) is 1.53. The van der Waals surface area contributed by atoms with E-state index >= 15 is 0 Å². The third-order valence-corrected chi connectivity index (χ3v) is 2.76. The summed E-state index contributed by atoms with van der Waals surface area (Å²) < 4.78 is 0. The Morgan fingerprint density at radius 1 is 1.32 bits per heavy atom. The molecule has 5 nitrogen and oxygen atoms in total. The number of anilines is 1. The molecule has 104 valence electrons. The first-order valence-electron chi connectivity index (χ1n) is 6.04. The molecule has 0 heterocycles. The number of carbonyl (C=O) groups excluding carboxylic acids is 2. The zero-order valence-electron chi connectivity index (χ0n) is 10.7. The molecule has 0 radical (unpaired) electrons. The lowest BCUT2D eigenvalue weighted by atomic mass is 10.1. The van der Waals surface area contributed by atoms with Crippen LogP contribution in [0.4, 0.5) is 5.69 Å². The number of nitrogens with one attached hydrogen (secondary N) is 2.